The quantitative estimate of drug-likeness (QED) is 0.601. The second kappa shape index (κ2) is 6.69. The zero-order valence-corrected chi connectivity index (χ0v) is 11.5. The highest BCUT2D eigenvalue weighted by molar-refractivity contribution is 5.76. The maximum Gasteiger partial charge on any atom is 0.306 e. The lowest BCUT2D eigenvalue weighted by atomic mass is 9.86. The number of ether oxygens (including phenoxy) is 1. The summed E-state index contributed by atoms with van der Waals surface area (Å²) in [5, 5.41) is 9.21. The fourth-order valence-electron chi connectivity index (χ4n) is 1.71. The smallest absolute Gasteiger partial charge is 0.306 e. The standard InChI is InChI=1S/C15H18N2O2/c1-4-19-14(18)10-15(2,3)9-12(11-16)13-7-5-6-8-17-13/h5-9H,4,10H2,1-3H3. The third-order valence-corrected chi connectivity index (χ3v) is 2.50. The Morgan fingerprint density at radius 2 is 2.26 bits per heavy atom. The van der Waals surface area contributed by atoms with Gasteiger partial charge in [0.25, 0.3) is 0 Å². The minimum atomic E-state index is -0.450. The highest BCUT2D eigenvalue weighted by Crippen LogP contribution is 2.27. The van der Waals surface area contributed by atoms with Crippen LogP contribution in [0.5, 0.6) is 0 Å². The number of allylic oxidation sites excluding steroid dienone is 2. The number of hydrogen-bond donors (Lipinski definition) is 0. The average molecular weight is 258 g/mol. The number of nitriles is 1. The predicted molar refractivity (Wildman–Crippen MR) is 72.9 cm³/mol. The van der Waals surface area contributed by atoms with Gasteiger partial charge in [-0.2, -0.15) is 5.26 Å². The number of carbonyl (C=O) groups is 1. The van der Waals surface area contributed by atoms with Gasteiger partial charge in [-0.05, 0) is 24.5 Å². The molecule has 0 spiro atoms. The van der Waals surface area contributed by atoms with Crippen LogP contribution < -0.4 is 0 Å². The lowest BCUT2D eigenvalue weighted by Gasteiger charge is -2.19. The third kappa shape index (κ3) is 4.92. The number of aromatic nitrogens is 1. The first-order valence-corrected chi connectivity index (χ1v) is 6.18. The summed E-state index contributed by atoms with van der Waals surface area (Å²) in [5.41, 5.74) is 0.631. The van der Waals surface area contributed by atoms with Crippen LogP contribution in [0.1, 0.15) is 32.9 Å². The monoisotopic (exact) mass is 258 g/mol. The number of esters is 1. The number of rotatable bonds is 5. The number of nitrogens with zero attached hydrogens (tertiary/aromatic N) is 2. The minimum Gasteiger partial charge on any atom is -0.466 e. The zero-order valence-electron chi connectivity index (χ0n) is 11.5. The lowest BCUT2D eigenvalue weighted by molar-refractivity contribution is -0.144. The summed E-state index contributed by atoms with van der Waals surface area (Å²) < 4.78 is 4.93. The molecule has 1 rings (SSSR count). The van der Waals surface area contributed by atoms with Crippen LogP contribution >= 0.6 is 0 Å². The van der Waals surface area contributed by atoms with Gasteiger partial charge in [0.15, 0.2) is 0 Å². The van der Waals surface area contributed by atoms with Crippen LogP contribution in [0.25, 0.3) is 5.57 Å². The fourth-order valence-corrected chi connectivity index (χ4v) is 1.71. The number of carbonyl (C=O) groups excluding carboxylic acids is 1. The van der Waals surface area contributed by atoms with Gasteiger partial charge in [0.05, 0.1) is 24.3 Å². The van der Waals surface area contributed by atoms with Gasteiger partial charge in [0.1, 0.15) is 6.07 Å². The summed E-state index contributed by atoms with van der Waals surface area (Å²) in [4.78, 5) is 15.7. The van der Waals surface area contributed by atoms with Crippen molar-refractivity contribution in [1.29, 1.82) is 5.26 Å². The van der Waals surface area contributed by atoms with Gasteiger partial charge in [-0.1, -0.05) is 26.0 Å². The largest absolute Gasteiger partial charge is 0.466 e. The van der Waals surface area contributed by atoms with E-state index in [1.165, 1.54) is 0 Å². The first-order valence-electron chi connectivity index (χ1n) is 6.18. The fraction of sp³-hybridized carbons (Fsp3) is 0.400. The molecule has 4 nitrogen and oxygen atoms in total. The Bertz CT molecular complexity index is 499. The van der Waals surface area contributed by atoms with E-state index in [1.54, 1.807) is 31.3 Å². The molecular weight excluding hydrogens is 240 g/mol. The van der Waals surface area contributed by atoms with Crippen molar-refractivity contribution >= 4 is 11.5 Å². The van der Waals surface area contributed by atoms with E-state index in [0.717, 1.165) is 0 Å². The third-order valence-electron chi connectivity index (χ3n) is 2.50. The SMILES string of the molecule is CCOC(=O)CC(C)(C)C=C(C#N)c1ccccn1. The molecule has 4 heteroatoms. The molecule has 0 N–H and O–H groups in total. The van der Waals surface area contributed by atoms with Gasteiger partial charge in [-0.25, -0.2) is 0 Å². The second-order valence-corrected chi connectivity index (χ2v) is 4.86. The molecule has 0 unspecified atom stereocenters. The first-order chi connectivity index (χ1) is 8.98. The molecule has 100 valence electrons. The Balaban J connectivity index is 2.91. The molecule has 0 amide bonds. The summed E-state index contributed by atoms with van der Waals surface area (Å²) >= 11 is 0. The van der Waals surface area contributed by atoms with E-state index in [2.05, 4.69) is 11.1 Å². The van der Waals surface area contributed by atoms with E-state index < -0.39 is 5.41 Å². The maximum atomic E-state index is 11.5. The first kappa shape index (κ1) is 14.9. The van der Waals surface area contributed by atoms with Crippen LogP contribution in [0, 0.1) is 16.7 Å². The van der Waals surface area contributed by atoms with Gasteiger partial charge in [0, 0.05) is 6.20 Å². The predicted octanol–water partition coefficient (Wildman–Crippen LogP) is 2.97. The normalized spacial score (nSPS) is 11.8. The molecule has 0 radical (unpaired) electrons. The molecule has 1 heterocycles. The molecule has 0 atom stereocenters. The van der Waals surface area contributed by atoms with Crippen molar-refractivity contribution in [2.75, 3.05) is 6.61 Å². The summed E-state index contributed by atoms with van der Waals surface area (Å²) in [6.07, 6.45) is 3.64. The van der Waals surface area contributed by atoms with Crippen molar-refractivity contribution in [3.63, 3.8) is 0 Å². The minimum absolute atomic E-state index is 0.235. The van der Waals surface area contributed by atoms with Crippen molar-refractivity contribution in [3.05, 3.63) is 36.2 Å². The van der Waals surface area contributed by atoms with Crippen molar-refractivity contribution in [2.45, 2.75) is 27.2 Å². The van der Waals surface area contributed by atoms with Gasteiger partial charge < -0.3 is 4.74 Å². The van der Waals surface area contributed by atoms with Gasteiger partial charge in [0.2, 0.25) is 0 Å². The van der Waals surface area contributed by atoms with E-state index in [-0.39, 0.29) is 12.4 Å². The molecule has 0 aliphatic heterocycles. The van der Waals surface area contributed by atoms with Crippen LogP contribution in [0.2, 0.25) is 0 Å². The Kier molecular flexibility index (Phi) is 5.25. The molecule has 1 aromatic heterocycles. The van der Waals surface area contributed by atoms with Crippen LogP contribution in [0.15, 0.2) is 30.5 Å². The molecular formula is C15H18N2O2. The average Bonchev–Trinajstić information content (AvgIpc) is 2.36. The van der Waals surface area contributed by atoms with E-state index in [4.69, 9.17) is 4.74 Å². The molecule has 1 aromatic rings. The number of pyridine rings is 1. The molecule has 0 aromatic carbocycles. The van der Waals surface area contributed by atoms with E-state index >= 15 is 0 Å². The molecule has 0 aliphatic rings. The summed E-state index contributed by atoms with van der Waals surface area (Å²) in [5.74, 6) is -0.262. The highest BCUT2D eigenvalue weighted by atomic mass is 16.5. The number of hydrogen-bond acceptors (Lipinski definition) is 4. The van der Waals surface area contributed by atoms with Crippen LogP contribution in [-0.2, 0) is 9.53 Å². The highest BCUT2D eigenvalue weighted by Gasteiger charge is 2.22. The Labute approximate surface area is 113 Å². The van der Waals surface area contributed by atoms with Crippen LogP contribution in [0.4, 0.5) is 0 Å². The maximum absolute atomic E-state index is 11.5. The lowest BCUT2D eigenvalue weighted by Crippen LogP contribution is -2.17. The summed E-state index contributed by atoms with van der Waals surface area (Å²) in [6, 6.07) is 7.52. The Morgan fingerprint density at radius 1 is 1.53 bits per heavy atom. The molecule has 0 saturated carbocycles. The molecule has 0 bridgehead atoms. The molecule has 19 heavy (non-hydrogen) atoms. The van der Waals surface area contributed by atoms with Gasteiger partial charge in [-0.3, -0.25) is 9.78 Å². The second-order valence-electron chi connectivity index (χ2n) is 4.86. The van der Waals surface area contributed by atoms with Crippen molar-refractivity contribution in [2.24, 2.45) is 5.41 Å². The van der Waals surface area contributed by atoms with Gasteiger partial charge >= 0.3 is 5.97 Å². The van der Waals surface area contributed by atoms with Crippen LogP contribution in [0.3, 0.4) is 0 Å². The molecule has 0 fully saturated rings. The molecule has 0 aliphatic carbocycles. The topological polar surface area (TPSA) is 63.0 Å². The van der Waals surface area contributed by atoms with Crippen LogP contribution in [-0.4, -0.2) is 17.6 Å². The zero-order chi connectivity index (χ0) is 14.3. The summed E-state index contributed by atoms with van der Waals surface area (Å²) in [7, 11) is 0. The summed E-state index contributed by atoms with van der Waals surface area (Å²) in [6.45, 7) is 5.92. The molecule has 0 saturated heterocycles. The van der Waals surface area contributed by atoms with E-state index in [9.17, 15) is 10.1 Å². The van der Waals surface area contributed by atoms with E-state index in [1.807, 2.05) is 19.9 Å². The van der Waals surface area contributed by atoms with Gasteiger partial charge in [-0.15, -0.1) is 0 Å². The van der Waals surface area contributed by atoms with Crippen molar-refractivity contribution < 1.29 is 9.53 Å². The van der Waals surface area contributed by atoms with Crippen molar-refractivity contribution in [1.82, 2.24) is 4.98 Å². The Hall–Kier alpha value is -2.15. The Morgan fingerprint density at radius 3 is 2.79 bits per heavy atom. The van der Waals surface area contributed by atoms with Crippen molar-refractivity contribution in [3.8, 4) is 6.07 Å². The van der Waals surface area contributed by atoms with E-state index in [0.29, 0.717) is 17.9 Å².